The molecule has 5 nitrogen and oxygen atoms in total. The summed E-state index contributed by atoms with van der Waals surface area (Å²) in [5.74, 6) is 0.282. The fraction of sp³-hybridized carbons (Fsp3) is 0.250. The molecule has 0 aromatic heterocycles. The maximum absolute atomic E-state index is 11.1. The Morgan fingerprint density at radius 3 is 2.52 bits per heavy atom. The molecule has 0 saturated heterocycles. The van der Waals surface area contributed by atoms with E-state index in [4.69, 9.17) is 9.94 Å². The van der Waals surface area contributed by atoms with Crippen molar-refractivity contribution < 1.29 is 14.7 Å². The standard InChI is InChI=1S/C20H22N2O3/c1-2-17(20(23)24)22-25-19-10-6-4-8-16(19)15-7-3-5-9-18(15)21-13-14-11-12-14/h2-10,14,21-22H,11-13H2,1H3,(H,23,24). The molecule has 1 saturated carbocycles. The van der Waals surface area contributed by atoms with Crippen molar-refractivity contribution in [2.75, 3.05) is 11.9 Å². The molecule has 2 aromatic carbocycles. The van der Waals surface area contributed by atoms with Crippen molar-refractivity contribution in [3.63, 3.8) is 0 Å². The van der Waals surface area contributed by atoms with Crippen LogP contribution in [0.2, 0.25) is 0 Å². The first-order valence-electron chi connectivity index (χ1n) is 8.44. The Morgan fingerprint density at radius 1 is 1.16 bits per heavy atom. The van der Waals surface area contributed by atoms with Gasteiger partial charge in [0.2, 0.25) is 0 Å². The van der Waals surface area contributed by atoms with E-state index >= 15 is 0 Å². The second-order valence-corrected chi connectivity index (χ2v) is 6.08. The molecule has 3 rings (SSSR count). The maximum atomic E-state index is 11.1. The van der Waals surface area contributed by atoms with Crippen LogP contribution >= 0.6 is 0 Å². The summed E-state index contributed by atoms with van der Waals surface area (Å²) in [6.07, 6.45) is 4.04. The number of rotatable bonds is 8. The van der Waals surface area contributed by atoms with Crippen molar-refractivity contribution in [2.24, 2.45) is 5.92 Å². The molecule has 0 radical (unpaired) electrons. The molecule has 2 aromatic rings. The third kappa shape index (κ3) is 4.32. The number of carboxylic acids is 1. The second kappa shape index (κ2) is 7.75. The van der Waals surface area contributed by atoms with Crippen LogP contribution in [-0.4, -0.2) is 17.6 Å². The van der Waals surface area contributed by atoms with Crippen molar-refractivity contribution in [3.8, 4) is 16.9 Å². The molecule has 3 N–H and O–H groups in total. The van der Waals surface area contributed by atoms with Crippen LogP contribution in [0.1, 0.15) is 19.8 Å². The second-order valence-electron chi connectivity index (χ2n) is 6.08. The first-order chi connectivity index (χ1) is 12.2. The van der Waals surface area contributed by atoms with Crippen molar-refractivity contribution in [1.82, 2.24) is 5.48 Å². The molecule has 0 heterocycles. The fourth-order valence-electron chi connectivity index (χ4n) is 2.56. The minimum absolute atomic E-state index is 0.00468. The van der Waals surface area contributed by atoms with E-state index in [2.05, 4.69) is 16.9 Å². The van der Waals surface area contributed by atoms with E-state index in [0.29, 0.717) is 5.75 Å². The number of hydrogen-bond acceptors (Lipinski definition) is 4. The summed E-state index contributed by atoms with van der Waals surface area (Å²) in [5.41, 5.74) is 5.49. The lowest BCUT2D eigenvalue weighted by molar-refractivity contribution is -0.133. The number of carbonyl (C=O) groups is 1. The lowest BCUT2D eigenvalue weighted by Gasteiger charge is -2.16. The molecular formula is C20H22N2O3. The summed E-state index contributed by atoms with van der Waals surface area (Å²) in [6, 6.07) is 15.6. The summed E-state index contributed by atoms with van der Waals surface area (Å²) in [6.45, 7) is 2.61. The zero-order chi connectivity index (χ0) is 17.6. The third-order valence-corrected chi connectivity index (χ3v) is 4.17. The highest BCUT2D eigenvalue weighted by Gasteiger charge is 2.21. The Balaban J connectivity index is 1.84. The molecule has 1 aliphatic rings. The summed E-state index contributed by atoms with van der Waals surface area (Å²) in [5, 5.41) is 12.6. The molecule has 0 unspecified atom stereocenters. The highest BCUT2D eigenvalue weighted by molar-refractivity contribution is 5.85. The van der Waals surface area contributed by atoms with Gasteiger partial charge in [-0.15, -0.1) is 0 Å². The Kier molecular flexibility index (Phi) is 5.23. The largest absolute Gasteiger partial charge is 0.476 e. The quantitative estimate of drug-likeness (QED) is 0.500. The van der Waals surface area contributed by atoms with Gasteiger partial charge >= 0.3 is 5.97 Å². The molecule has 1 aliphatic carbocycles. The van der Waals surface area contributed by atoms with Crippen molar-refractivity contribution in [3.05, 3.63) is 60.3 Å². The van der Waals surface area contributed by atoms with Gasteiger partial charge < -0.3 is 15.3 Å². The van der Waals surface area contributed by atoms with Crippen LogP contribution in [0.5, 0.6) is 5.75 Å². The fourth-order valence-corrected chi connectivity index (χ4v) is 2.56. The van der Waals surface area contributed by atoms with E-state index in [1.165, 1.54) is 18.9 Å². The molecule has 0 aliphatic heterocycles. The van der Waals surface area contributed by atoms with E-state index in [-0.39, 0.29) is 5.70 Å². The number of para-hydroxylation sites is 2. The molecule has 0 bridgehead atoms. The predicted molar refractivity (Wildman–Crippen MR) is 98.2 cm³/mol. The Labute approximate surface area is 147 Å². The van der Waals surface area contributed by atoms with Crippen LogP contribution in [0.25, 0.3) is 11.1 Å². The molecule has 25 heavy (non-hydrogen) atoms. The minimum Gasteiger partial charge on any atom is -0.476 e. The lowest BCUT2D eigenvalue weighted by atomic mass is 10.0. The minimum atomic E-state index is -1.06. The normalized spacial score (nSPS) is 14.0. The number of hydroxylamine groups is 1. The highest BCUT2D eigenvalue weighted by atomic mass is 16.6. The number of carboxylic acid groups (broad SMARTS) is 1. The van der Waals surface area contributed by atoms with Gasteiger partial charge in [0.1, 0.15) is 0 Å². The van der Waals surface area contributed by atoms with E-state index in [9.17, 15) is 4.79 Å². The summed E-state index contributed by atoms with van der Waals surface area (Å²) in [4.78, 5) is 16.7. The van der Waals surface area contributed by atoms with Crippen LogP contribution in [0, 0.1) is 5.92 Å². The Hall–Kier alpha value is -2.95. The van der Waals surface area contributed by atoms with Gasteiger partial charge in [0.05, 0.1) is 0 Å². The Bertz CT molecular complexity index is 782. The molecule has 0 atom stereocenters. The van der Waals surface area contributed by atoms with E-state index in [1.807, 2.05) is 42.5 Å². The van der Waals surface area contributed by atoms with Crippen LogP contribution in [0.15, 0.2) is 60.3 Å². The van der Waals surface area contributed by atoms with Crippen molar-refractivity contribution in [2.45, 2.75) is 19.8 Å². The molecule has 5 heteroatoms. The zero-order valence-corrected chi connectivity index (χ0v) is 14.2. The van der Waals surface area contributed by atoms with Crippen LogP contribution in [-0.2, 0) is 4.79 Å². The van der Waals surface area contributed by atoms with Gasteiger partial charge in [-0.2, -0.15) is 0 Å². The van der Waals surface area contributed by atoms with E-state index < -0.39 is 5.97 Å². The number of nitrogens with one attached hydrogen (secondary N) is 2. The first kappa shape index (κ1) is 16.9. The number of allylic oxidation sites excluding steroid dienone is 1. The van der Waals surface area contributed by atoms with Gasteiger partial charge in [0, 0.05) is 23.4 Å². The van der Waals surface area contributed by atoms with E-state index in [0.717, 1.165) is 29.3 Å². The highest BCUT2D eigenvalue weighted by Crippen LogP contribution is 2.36. The monoisotopic (exact) mass is 338 g/mol. The lowest BCUT2D eigenvalue weighted by Crippen LogP contribution is -2.23. The Morgan fingerprint density at radius 2 is 1.84 bits per heavy atom. The third-order valence-electron chi connectivity index (χ3n) is 4.17. The van der Waals surface area contributed by atoms with Crippen LogP contribution in [0.3, 0.4) is 0 Å². The maximum Gasteiger partial charge on any atom is 0.354 e. The molecule has 130 valence electrons. The molecule has 0 amide bonds. The van der Waals surface area contributed by atoms with Crippen molar-refractivity contribution in [1.29, 1.82) is 0 Å². The molecule has 0 spiro atoms. The van der Waals surface area contributed by atoms with Gasteiger partial charge in [-0.05, 0) is 37.8 Å². The van der Waals surface area contributed by atoms with Gasteiger partial charge in [-0.25, -0.2) is 10.3 Å². The first-order valence-corrected chi connectivity index (χ1v) is 8.44. The van der Waals surface area contributed by atoms with Crippen LogP contribution < -0.4 is 15.6 Å². The van der Waals surface area contributed by atoms with Gasteiger partial charge in [-0.1, -0.05) is 42.5 Å². The average molecular weight is 338 g/mol. The predicted octanol–water partition coefficient (Wildman–Crippen LogP) is 4.05. The van der Waals surface area contributed by atoms with Crippen molar-refractivity contribution >= 4 is 11.7 Å². The smallest absolute Gasteiger partial charge is 0.354 e. The number of anilines is 1. The topological polar surface area (TPSA) is 70.6 Å². The van der Waals surface area contributed by atoms with Gasteiger partial charge in [0.25, 0.3) is 0 Å². The number of hydrogen-bond donors (Lipinski definition) is 3. The summed E-state index contributed by atoms with van der Waals surface area (Å²) < 4.78 is 0. The van der Waals surface area contributed by atoms with E-state index in [1.54, 1.807) is 6.92 Å². The number of benzene rings is 2. The SMILES string of the molecule is CC=C(NOc1ccccc1-c1ccccc1NCC1CC1)C(=O)O. The van der Waals surface area contributed by atoms with Crippen LogP contribution in [0.4, 0.5) is 5.69 Å². The molecular weight excluding hydrogens is 316 g/mol. The average Bonchev–Trinajstić information content (AvgIpc) is 3.45. The number of aliphatic carboxylic acids is 1. The zero-order valence-electron chi connectivity index (χ0n) is 14.2. The van der Waals surface area contributed by atoms with Gasteiger partial charge in [0.15, 0.2) is 11.4 Å². The van der Waals surface area contributed by atoms with Gasteiger partial charge in [-0.3, -0.25) is 0 Å². The summed E-state index contributed by atoms with van der Waals surface area (Å²) in [7, 11) is 0. The summed E-state index contributed by atoms with van der Waals surface area (Å²) >= 11 is 0. The molecule has 1 fully saturated rings.